The maximum absolute atomic E-state index is 11.6. The fourth-order valence-corrected chi connectivity index (χ4v) is 0.582. The minimum Gasteiger partial charge on any atom is -0.252 e. The molecule has 0 bridgehead atoms. The van der Waals surface area contributed by atoms with Crippen molar-refractivity contribution in [1.82, 2.24) is 15.0 Å². The summed E-state index contributed by atoms with van der Waals surface area (Å²) in [6, 6.07) is 0. The average Bonchev–Trinajstić information content (AvgIpc) is 2.34. The second-order valence-corrected chi connectivity index (χ2v) is 1.85. The lowest BCUT2D eigenvalue weighted by Crippen LogP contribution is -2.03. The van der Waals surface area contributed by atoms with E-state index < -0.39 is 6.43 Å². The summed E-state index contributed by atoms with van der Waals surface area (Å²) in [5.41, 5.74) is 0. The molecule has 0 aliphatic heterocycles. The Hall–Kier alpha value is -1.00. The van der Waals surface area contributed by atoms with E-state index in [-0.39, 0.29) is 13.0 Å². The molecule has 0 aliphatic carbocycles. The number of aromatic nitrogens is 3. The van der Waals surface area contributed by atoms with E-state index >= 15 is 0 Å². The van der Waals surface area contributed by atoms with Crippen LogP contribution in [0.4, 0.5) is 8.78 Å². The first-order valence-electron chi connectivity index (χ1n) is 2.91. The van der Waals surface area contributed by atoms with Crippen LogP contribution < -0.4 is 0 Å². The van der Waals surface area contributed by atoms with Crippen LogP contribution in [0.25, 0.3) is 0 Å². The molecule has 10 heavy (non-hydrogen) atoms. The van der Waals surface area contributed by atoms with Crippen molar-refractivity contribution < 1.29 is 8.78 Å². The van der Waals surface area contributed by atoms with Crippen molar-refractivity contribution >= 4 is 0 Å². The van der Waals surface area contributed by atoms with Crippen LogP contribution in [-0.4, -0.2) is 21.4 Å². The van der Waals surface area contributed by atoms with E-state index in [1.807, 2.05) is 0 Å². The third-order valence-electron chi connectivity index (χ3n) is 1.05. The van der Waals surface area contributed by atoms with Gasteiger partial charge in [-0.15, -0.1) is 5.10 Å². The summed E-state index contributed by atoms with van der Waals surface area (Å²) in [7, 11) is 0. The lowest BCUT2D eigenvalue weighted by atomic mass is 10.4. The van der Waals surface area contributed by atoms with Gasteiger partial charge in [0.25, 0.3) is 0 Å². The molecule has 1 aromatic rings. The van der Waals surface area contributed by atoms with E-state index in [1.165, 1.54) is 10.9 Å². The third-order valence-corrected chi connectivity index (χ3v) is 1.05. The molecule has 0 saturated heterocycles. The van der Waals surface area contributed by atoms with Crippen LogP contribution in [0.1, 0.15) is 6.42 Å². The summed E-state index contributed by atoms with van der Waals surface area (Å²) >= 11 is 0. The third kappa shape index (κ3) is 2.08. The highest BCUT2D eigenvalue weighted by Crippen LogP contribution is 1.99. The Balaban J connectivity index is 2.28. The molecule has 0 spiro atoms. The quantitative estimate of drug-likeness (QED) is 0.636. The van der Waals surface area contributed by atoms with E-state index in [0.29, 0.717) is 0 Å². The first kappa shape index (κ1) is 7.11. The van der Waals surface area contributed by atoms with E-state index in [4.69, 9.17) is 0 Å². The van der Waals surface area contributed by atoms with Gasteiger partial charge in [0.05, 0.1) is 6.20 Å². The zero-order valence-corrected chi connectivity index (χ0v) is 5.24. The highest BCUT2D eigenvalue weighted by Gasteiger charge is 2.01. The molecule has 0 saturated carbocycles. The van der Waals surface area contributed by atoms with E-state index in [1.54, 1.807) is 6.20 Å². The van der Waals surface area contributed by atoms with Gasteiger partial charge in [-0.3, -0.25) is 4.68 Å². The Morgan fingerprint density at radius 3 is 2.80 bits per heavy atom. The van der Waals surface area contributed by atoms with Crippen LogP contribution >= 0.6 is 0 Å². The zero-order valence-electron chi connectivity index (χ0n) is 5.24. The largest absolute Gasteiger partial charge is 0.252 e. The highest BCUT2D eigenvalue weighted by atomic mass is 19.3. The number of rotatable bonds is 3. The van der Waals surface area contributed by atoms with Crippen molar-refractivity contribution in [3.63, 3.8) is 0 Å². The summed E-state index contributed by atoms with van der Waals surface area (Å²) in [5.74, 6) is 0. The number of aryl methyl sites for hydroxylation is 1. The van der Waals surface area contributed by atoms with Gasteiger partial charge in [-0.05, 0) is 0 Å². The topological polar surface area (TPSA) is 30.7 Å². The van der Waals surface area contributed by atoms with Crippen LogP contribution in [0.15, 0.2) is 12.4 Å². The normalized spacial score (nSPS) is 10.7. The number of hydrogen-bond acceptors (Lipinski definition) is 2. The first-order valence-corrected chi connectivity index (χ1v) is 2.91. The van der Waals surface area contributed by atoms with Crippen LogP contribution in [0.5, 0.6) is 0 Å². The Morgan fingerprint density at radius 1 is 1.50 bits per heavy atom. The monoisotopic (exact) mass is 147 g/mol. The molecule has 0 radical (unpaired) electrons. The minimum atomic E-state index is -2.26. The Bertz CT molecular complexity index is 173. The number of halogens is 2. The predicted molar refractivity (Wildman–Crippen MR) is 30.6 cm³/mol. The van der Waals surface area contributed by atoms with E-state index in [9.17, 15) is 8.78 Å². The van der Waals surface area contributed by atoms with Gasteiger partial charge in [0.15, 0.2) is 0 Å². The molecule has 0 fully saturated rings. The van der Waals surface area contributed by atoms with Crippen LogP contribution in [0, 0.1) is 0 Å². The molecule has 0 N–H and O–H groups in total. The summed E-state index contributed by atoms with van der Waals surface area (Å²) in [6.07, 6.45) is 0.598. The lowest BCUT2D eigenvalue weighted by Gasteiger charge is -1.97. The molecule has 56 valence electrons. The second-order valence-electron chi connectivity index (χ2n) is 1.85. The van der Waals surface area contributed by atoms with Crippen molar-refractivity contribution in [3.8, 4) is 0 Å². The number of alkyl halides is 2. The lowest BCUT2D eigenvalue weighted by molar-refractivity contribution is 0.129. The molecule has 0 aromatic carbocycles. The molecule has 0 amide bonds. The molecule has 0 aliphatic rings. The predicted octanol–water partition coefficient (Wildman–Crippen LogP) is 0.933. The minimum absolute atomic E-state index is 0.163. The molecule has 1 aromatic heterocycles. The number of nitrogens with zero attached hydrogens (tertiary/aromatic N) is 3. The molecular formula is C5H7F2N3. The Labute approximate surface area is 56.7 Å². The van der Waals surface area contributed by atoms with E-state index in [0.717, 1.165) is 0 Å². The summed E-state index contributed by atoms with van der Waals surface area (Å²) in [4.78, 5) is 0. The van der Waals surface area contributed by atoms with Gasteiger partial charge in [0, 0.05) is 19.2 Å². The summed E-state index contributed by atoms with van der Waals surface area (Å²) in [6.45, 7) is 0.234. The highest BCUT2D eigenvalue weighted by molar-refractivity contribution is 4.63. The van der Waals surface area contributed by atoms with Gasteiger partial charge in [-0.25, -0.2) is 8.78 Å². The van der Waals surface area contributed by atoms with Crippen molar-refractivity contribution in [2.75, 3.05) is 0 Å². The fraction of sp³-hybridized carbons (Fsp3) is 0.600. The molecule has 0 atom stereocenters. The second kappa shape index (κ2) is 3.24. The fourth-order valence-electron chi connectivity index (χ4n) is 0.582. The SMILES string of the molecule is FC(F)CCn1ccnn1. The van der Waals surface area contributed by atoms with Crippen LogP contribution in [-0.2, 0) is 6.54 Å². The maximum atomic E-state index is 11.6. The van der Waals surface area contributed by atoms with E-state index in [2.05, 4.69) is 10.3 Å². The van der Waals surface area contributed by atoms with Crippen LogP contribution in [0.3, 0.4) is 0 Å². The molecule has 1 rings (SSSR count). The van der Waals surface area contributed by atoms with Gasteiger partial charge in [-0.2, -0.15) is 0 Å². The standard InChI is InChI=1S/C5H7F2N3/c6-5(7)1-3-10-4-2-8-9-10/h2,4-5H,1,3H2. The van der Waals surface area contributed by atoms with Crippen molar-refractivity contribution in [1.29, 1.82) is 0 Å². The van der Waals surface area contributed by atoms with Crippen molar-refractivity contribution in [2.45, 2.75) is 19.4 Å². The molecule has 0 unspecified atom stereocenters. The van der Waals surface area contributed by atoms with Gasteiger partial charge in [0.1, 0.15) is 0 Å². The van der Waals surface area contributed by atoms with Crippen molar-refractivity contribution in [2.24, 2.45) is 0 Å². The van der Waals surface area contributed by atoms with Gasteiger partial charge in [-0.1, -0.05) is 5.21 Å². The summed E-state index contributed by atoms with van der Waals surface area (Å²) < 4.78 is 24.5. The molecule has 1 heterocycles. The van der Waals surface area contributed by atoms with Gasteiger partial charge < -0.3 is 0 Å². The first-order chi connectivity index (χ1) is 4.79. The Morgan fingerprint density at radius 2 is 2.30 bits per heavy atom. The molecule has 5 heteroatoms. The van der Waals surface area contributed by atoms with Gasteiger partial charge in [0.2, 0.25) is 6.43 Å². The van der Waals surface area contributed by atoms with Crippen LogP contribution in [0.2, 0.25) is 0 Å². The zero-order chi connectivity index (χ0) is 7.40. The Kier molecular flexibility index (Phi) is 2.30. The van der Waals surface area contributed by atoms with Gasteiger partial charge >= 0.3 is 0 Å². The molecular weight excluding hydrogens is 140 g/mol. The summed E-state index contributed by atoms with van der Waals surface area (Å²) in [5, 5.41) is 6.99. The number of hydrogen-bond donors (Lipinski definition) is 0. The smallest absolute Gasteiger partial charge is 0.240 e. The van der Waals surface area contributed by atoms with Crippen molar-refractivity contribution in [3.05, 3.63) is 12.4 Å². The maximum Gasteiger partial charge on any atom is 0.240 e. The molecule has 3 nitrogen and oxygen atoms in total. The average molecular weight is 147 g/mol.